The third-order valence-electron chi connectivity index (χ3n) is 4.74. The van der Waals surface area contributed by atoms with Crippen LogP contribution in [0, 0.1) is 0 Å². The van der Waals surface area contributed by atoms with Crippen molar-refractivity contribution in [2.45, 2.75) is 0 Å². The Hall–Kier alpha value is -4.05. The Labute approximate surface area is 168 Å². The molecule has 5 aromatic rings. The second-order valence-corrected chi connectivity index (χ2v) is 6.65. The fourth-order valence-corrected chi connectivity index (χ4v) is 3.25. The van der Waals surface area contributed by atoms with Gasteiger partial charge < -0.3 is 4.42 Å². The molecule has 0 N–H and O–H groups in total. The smallest absolute Gasteiger partial charge is 0.248 e. The average molecular weight is 375 g/mol. The second kappa shape index (κ2) is 7.52. The molecule has 0 bridgehead atoms. The van der Waals surface area contributed by atoms with Gasteiger partial charge in [-0.1, -0.05) is 60.7 Å². The van der Waals surface area contributed by atoms with Crippen LogP contribution >= 0.6 is 0 Å². The maximum absolute atomic E-state index is 5.98. The van der Waals surface area contributed by atoms with Gasteiger partial charge in [0.05, 0.1) is 5.69 Å². The van der Waals surface area contributed by atoms with Crippen LogP contribution in [0.25, 0.3) is 45.8 Å². The van der Waals surface area contributed by atoms with Crippen LogP contribution in [-0.4, -0.2) is 15.2 Å². The molecule has 5 rings (SSSR count). The summed E-state index contributed by atoms with van der Waals surface area (Å²) >= 11 is 0. The second-order valence-electron chi connectivity index (χ2n) is 6.65. The summed E-state index contributed by atoms with van der Waals surface area (Å²) in [6, 6.07) is 28.1. The van der Waals surface area contributed by atoms with Crippen LogP contribution in [-0.2, 0) is 0 Å². The molecule has 4 heteroatoms. The normalized spacial score (nSPS) is 11.3. The highest BCUT2D eigenvalue weighted by Gasteiger charge is 2.12. The Morgan fingerprint density at radius 2 is 1.45 bits per heavy atom. The molecule has 0 aliphatic heterocycles. The summed E-state index contributed by atoms with van der Waals surface area (Å²) in [4.78, 5) is 4.29. The van der Waals surface area contributed by atoms with Gasteiger partial charge in [0.15, 0.2) is 0 Å². The fourth-order valence-electron chi connectivity index (χ4n) is 3.25. The molecule has 4 nitrogen and oxygen atoms in total. The first kappa shape index (κ1) is 17.1. The van der Waals surface area contributed by atoms with Crippen molar-refractivity contribution >= 4 is 22.9 Å². The quantitative estimate of drug-likeness (QED) is 0.379. The zero-order chi connectivity index (χ0) is 19.5. The third-order valence-corrected chi connectivity index (χ3v) is 4.74. The number of aromatic nitrogens is 3. The topological polar surface area (TPSA) is 51.8 Å². The van der Waals surface area contributed by atoms with E-state index in [-0.39, 0.29) is 0 Å². The Morgan fingerprint density at radius 1 is 0.655 bits per heavy atom. The SMILES string of the molecule is C(=Cc1ccccn1)c1ccc(-c2nnc(-c3cccc4ccccc34)o2)cc1. The maximum atomic E-state index is 5.98. The van der Waals surface area contributed by atoms with Crippen molar-refractivity contribution in [2.75, 3.05) is 0 Å². The van der Waals surface area contributed by atoms with Crippen LogP contribution in [0.5, 0.6) is 0 Å². The lowest BCUT2D eigenvalue weighted by molar-refractivity contribution is 0.585. The van der Waals surface area contributed by atoms with Crippen molar-refractivity contribution < 1.29 is 4.42 Å². The van der Waals surface area contributed by atoms with Crippen molar-refractivity contribution in [3.63, 3.8) is 0 Å². The predicted octanol–water partition coefficient (Wildman–Crippen LogP) is 6.12. The summed E-state index contributed by atoms with van der Waals surface area (Å²) in [7, 11) is 0. The monoisotopic (exact) mass is 375 g/mol. The summed E-state index contributed by atoms with van der Waals surface area (Å²) in [5.74, 6) is 1.03. The first-order chi connectivity index (χ1) is 14.4. The molecule has 0 radical (unpaired) electrons. The number of nitrogens with zero attached hydrogens (tertiary/aromatic N) is 3. The molecule has 0 unspecified atom stereocenters. The van der Waals surface area contributed by atoms with E-state index in [9.17, 15) is 0 Å². The number of fused-ring (bicyclic) bond motifs is 1. The number of hydrogen-bond acceptors (Lipinski definition) is 4. The van der Waals surface area contributed by atoms with Crippen molar-refractivity contribution in [3.8, 4) is 22.9 Å². The lowest BCUT2D eigenvalue weighted by Crippen LogP contribution is -1.81. The molecule has 0 aliphatic rings. The number of pyridine rings is 1. The van der Waals surface area contributed by atoms with Gasteiger partial charge in [0, 0.05) is 17.3 Å². The highest BCUT2D eigenvalue weighted by molar-refractivity contribution is 5.94. The highest BCUT2D eigenvalue weighted by atomic mass is 16.4. The Kier molecular flexibility index (Phi) is 4.43. The number of hydrogen-bond donors (Lipinski definition) is 0. The molecular formula is C25H17N3O. The summed E-state index contributed by atoms with van der Waals surface area (Å²) in [6.45, 7) is 0. The van der Waals surface area contributed by atoms with E-state index in [0.717, 1.165) is 33.2 Å². The van der Waals surface area contributed by atoms with E-state index < -0.39 is 0 Å². The van der Waals surface area contributed by atoms with Gasteiger partial charge in [-0.25, -0.2) is 0 Å². The Bertz CT molecular complexity index is 1280. The van der Waals surface area contributed by atoms with Crippen molar-refractivity contribution in [1.29, 1.82) is 0 Å². The first-order valence-corrected chi connectivity index (χ1v) is 9.38. The molecule has 0 aliphatic carbocycles. The molecular weight excluding hydrogens is 358 g/mol. The molecule has 0 spiro atoms. The van der Waals surface area contributed by atoms with E-state index in [2.05, 4.69) is 33.4 Å². The molecule has 0 fully saturated rings. The molecule has 29 heavy (non-hydrogen) atoms. The number of rotatable bonds is 4. The largest absolute Gasteiger partial charge is 0.416 e. The molecule has 2 heterocycles. The maximum Gasteiger partial charge on any atom is 0.248 e. The summed E-state index contributed by atoms with van der Waals surface area (Å²) < 4.78 is 5.98. The minimum Gasteiger partial charge on any atom is -0.416 e. The lowest BCUT2D eigenvalue weighted by Gasteiger charge is -2.02. The average Bonchev–Trinajstić information content (AvgIpc) is 3.28. The van der Waals surface area contributed by atoms with Gasteiger partial charge in [-0.3, -0.25) is 4.98 Å². The lowest BCUT2D eigenvalue weighted by atomic mass is 10.0. The Morgan fingerprint density at radius 3 is 2.31 bits per heavy atom. The van der Waals surface area contributed by atoms with E-state index >= 15 is 0 Å². The molecule has 3 aromatic carbocycles. The molecule has 0 amide bonds. The van der Waals surface area contributed by atoms with E-state index in [1.54, 1.807) is 6.20 Å². The van der Waals surface area contributed by atoms with Crippen molar-refractivity contribution in [3.05, 3.63) is 102 Å². The van der Waals surface area contributed by atoms with Gasteiger partial charge in [0.1, 0.15) is 0 Å². The minimum absolute atomic E-state index is 0.508. The van der Waals surface area contributed by atoms with E-state index in [1.165, 1.54) is 0 Å². The zero-order valence-electron chi connectivity index (χ0n) is 15.6. The predicted molar refractivity (Wildman–Crippen MR) is 116 cm³/mol. The molecule has 0 saturated heterocycles. The van der Waals surface area contributed by atoms with Crippen LogP contribution in [0.2, 0.25) is 0 Å². The van der Waals surface area contributed by atoms with Crippen molar-refractivity contribution in [1.82, 2.24) is 15.2 Å². The number of benzene rings is 3. The van der Waals surface area contributed by atoms with Crippen LogP contribution in [0.1, 0.15) is 11.3 Å². The molecule has 138 valence electrons. The third kappa shape index (κ3) is 3.56. The van der Waals surface area contributed by atoms with Crippen molar-refractivity contribution in [2.24, 2.45) is 0 Å². The van der Waals surface area contributed by atoms with Crippen LogP contribution < -0.4 is 0 Å². The standard InChI is InChI=1S/C25H17N3O/c1-2-9-22-19(6-1)7-5-10-23(22)25-28-27-24(29-25)20-14-11-18(12-15-20)13-16-21-8-3-4-17-26-21/h1-17H. The van der Waals surface area contributed by atoms with Gasteiger partial charge in [0.25, 0.3) is 0 Å². The molecule has 0 atom stereocenters. The van der Waals surface area contributed by atoms with E-state index in [1.807, 2.05) is 78.9 Å². The molecule has 0 saturated carbocycles. The zero-order valence-corrected chi connectivity index (χ0v) is 15.6. The minimum atomic E-state index is 0.508. The Balaban J connectivity index is 1.41. The van der Waals surface area contributed by atoms with Crippen LogP contribution in [0.4, 0.5) is 0 Å². The summed E-state index contributed by atoms with van der Waals surface area (Å²) in [5.41, 5.74) is 3.83. The van der Waals surface area contributed by atoms with Gasteiger partial charge >= 0.3 is 0 Å². The molecule has 2 aromatic heterocycles. The van der Waals surface area contributed by atoms with Gasteiger partial charge in [-0.15, -0.1) is 10.2 Å². The van der Waals surface area contributed by atoms with Crippen LogP contribution in [0.15, 0.2) is 95.5 Å². The van der Waals surface area contributed by atoms with Gasteiger partial charge in [-0.2, -0.15) is 0 Å². The van der Waals surface area contributed by atoms with E-state index in [0.29, 0.717) is 11.8 Å². The van der Waals surface area contributed by atoms with Gasteiger partial charge in [-0.05, 0) is 52.7 Å². The fraction of sp³-hybridized carbons (Fsp3) is 0. The summed E-state index contributed by atoms with van der Waals surface area (Å²) in [5, 5.41) is 10.8. The van der Waals surface area contributed by atoms with E-state index in [4.69, 9.17) is 4.42 Å². The highest BCUT2D eigenvalue weighted by Crippen LogP contribution is 2.30. The summed E-state index contributed by atoms with van der Waals surface area (Å²) in [6.07, 6.45) is 5.80. The first-order valence-electron chi connectivity index (χ1n) is 9.38. The van der Waals surface area contributed by atoms with Gasteiger partial charge in [0.2, 0.25) is 11.8 Å². The van der Waals surface area contributed by atoms with Crippen LogP contribution in [0.3, 0.4) is 0 Å².